The summed E-state index contributed by atoms with van der Waals surface area (Å²) in [5, 5.41) is 5.13. The van der Waals surface area contributed by atoms with Gasteiger partial charge in [-0.25, -0.2) is 0 Å². The van der Waals surface area contributed by atoms with Gasteiger partial charge in [-0.15, -0.1) is 0 Å². The van der Waals surface area contributed by atoms with Gasteiger partial charge in [0.25, 0.3) is 0 Å². The Morgan fingerprint density at radius 2 is 1.91 bits per heavy atom. The van der Waals surface area contributed by atoms with Crippen LogP contribution in [0.2, 0.25) is 0 Å². The molecule has 0 aromatic rings. The van der Waals surface area contributed by atoms with Gasteiger partial charge >= 0.3 is 0 Å². The molecule has 0 saturated heterocycles. The zero-order valence-corrected chi connectivity index (χ0v) is 7.10. The molecule has 0 aromatic heterocycles. The molecule has 0 aliphatic heterocycles. The molecule has 1 atom stereocenters. The SMILES string of the molecule is CCC(=O)NC(C)NC(C)=O. The molecule has 11 heavy (non-hydrogen) atoms. The van der Waals surface area contributed by atoms with Gasteiger partial charge in [-0.05, 0) is 6.92 Å². The van der Waals surface area contributed by atoms with E-state index in [9.17, 15) is 9.59 Å². The number of hydrogen-bond acceptors (Lipinski definition) is 2. The Balaban J connectivity index is 3.60. The van der Waals surface area contributed by atoms with E-state index in [4.69, 9.17) is 0 Å². The molecule has 0 saturated carbocycles. The van der Waals surface area contributed by atoms with E-state index in [0.717, 1.165) is 0 Å². The quantitative estimate of drug-likeness (QED) is 0.568. The van der Waals surface area contributed by atoms with Crippen LogP contribution in [0.1, 0.15) is 27.2 Å². The maximum atomic E-state index is 10.7. The summed E-state index contributed by atoms with van der Waals surface area (Å²) in [4.78, 5) is 21.2. The van der Waals surface area contributed by atoms with Gasteiger partial charge in [-0.1, -0.05) is 6.92 Å². The molecule has 0 aliphatic rings. The van der Waals surface area contributed by atoms with Crippen molar-refractivity contribution in [2.45, 2.75) is 33.4 Å². The van der Waals surface area contributed by atoms with Gasteiger partial charge in [0.15, 0.2) is 0 Å². The summed E-state index contributed by atoms with van der Waals surface area (Å²) >= 11 is 0. The Morgan fingerprint density at radius 3 is 2.27 bits per heavy atom. The molecule has 0 radical (unpaired) electrons. The van der Waals surface area contributed by atoms with Crippen molar-refractivity contribution >= 4 is 11.8 Å². The second-order valence-electron chi connectivity index (χ2n) is 2.34. The zero-order chi connectivity index (χ0) is 8.85. The standard InChI is InChI=1S/C7H14N2O2/c1-4-7(11)9-5(2)8-6(3)10/h5H,4H2,1-3H3,(H,8,10)(H,9,11). The largest absolute Gasteiger partial charge is 0.337 e. The Labute approximate surface area is 66.4 Å². The summed E-state index contributed by atoms with van der Waals surface area (Å²) < 4.78 is 0. The first-order valence-electron chi connectivity index (χ1n) is 3.62. The summed E-state index contributed by atoms with van der Waals surface area (Å²) in [5.41, 5.74) is 0. The molecule has 0 fully saturated rings. The van der Waals surface area contributed by atoms with Crippen LogP contribution in [0.3, 0.4) is 0 Å². The van der Waals surface area contributed by atoms with Gasteiger partial charge in [0.05, 0.1) is 6.17 Å². The van der Waals surface area contributed by atoms with Gasteiger partial charge in [0.2, 0.25) is 11.8 Å². The van der Waals surface area contributed by atoms with Gasteiger partial charge in [0, 0.05) is 13.3 Å². The number of rotatable bonds is 3. The Morgan fingerprint density at radius 1 is 1.36 bits per heavy atom. The lowest BCUT2D eigenvalue weighted by Gasteiger charge is -2.13. The van der Waals surface area contributed by atoms with Crippen molar-refractivity contribution in [2.75, 3.05) is 0 Å². The smallest absolute Gasteiger partial charge is 0.221 e. The van der Waals surface area contributed by atoms with Crippen molar-refractivity contribution in [3.05, 3.63) is 0 Å². The summed E-state index contributed by atoms with van der Waals surface area (Å²) in [6.07, 6.45) is 0.157. The van der Waals surface area contributed by atoms with E-state index in [1.54, 1.807) is 13.8 Å². The molecule has 0 rings (SSSR count). The number of carbonyl (C=O) groups is 2. The summed E-state index contributed by atoms with van der Waals surface area (Å²) in [7, 11) is 0. The van der Waals surface area contributed by atoms with Gasteiger partial charge in [0.1, 0.15) is 0 Å². The molecule has 4 heteroatoms. The number of amides is 2. The average molecular weight is 158 g/mol. The Bertz CT molecular complexity index is 157. The highest BCUT2D eigenvalue weighted by molar-refractivity contribution is 5.77. The van der Waals surface area contributed by atoms with Crippen LogP contribution in [0, 0.1) is 0 Å². The van der Waals surface area contributed by atoms with Crippen LogP contribution in [-0.2, 0) is 9.59 Å². The monoisotopic (exact) mass is 158 g/mol. The lowest BCUT2D eigenvalue weighted by molar-refractivity contribution is -0.123. The van der Waals surface area contributed by atoms with Gasteiger partial charge < -0.3 is 10.6 Å². The predicted octanol–water partition coefficient (Wildman–Crippen LogP) is -0.00530. The van der Waals surface area contributed by atoms with Gasteiger partial charge in [-0.2, -0.15) is 0 Å². The molecule has 0 aromatic carbocycles. The molecule has 2 N–H and O–H groups in total. The number of nitrogens with one attached hydrogen (secondary N) is 2. The third-order valence-electron chi connectivity index (χ3n) is 1.12. The van der Waals surface area contributed by atoms with Crippen LogP contribution in [0.15, 0.2) is 0 Å². The Hall–Kier alpha value is -1.06. The highest BCUT2D eigenvalue weighted by Crippen LogP contribution is 1.79. The first kappa shape index (κ1) is 9.94. The number of carbonyl (C=O) groups excluding carboxylic acids is 2. The maximum absolute atomic E-state index is 10.7. The summed E-state index contributed by atoms with van der Waals surface area (Å²) in [5.74, 6) is -0.208. The van der Waals surface area contributed by atoms with Crippen LogP contribution in [0.5, 0.6) is 0 Å². The summed E-state index contributed by atoms with van der Waals surface area (Å²) in [6.45, 7) is 4.89. The van der Waals surface area contributed by atoms with E-state index in [2.05, 4.69) is 10.6 Å². The predicted molar refractivity (Wildman–Crippen MR) is 41.7 cm³/mol. The van der Waals surface area contributed by atoms with Crippen LogP contribution in [0.25, 0.3) is 0 Å². The van der Waals surface area contributed by atoms with Crippen molar-refractivity contribution < 1.29 is 9.59 Å². The normalized spacial score (nSPS) is 11.9. The van der Waals surface area contributed by atoms with Crippen LogP contribution in [0.4, 0.5) is 0 Å². The molecule has 0 heterocycles. The molecule has 4 nitrogen and oxygen atoms in total. The van der Waals surface area contributed by atoms with Crippen molar-refractivity contribution in [3.63, 3.8) is 0 Å². The highest BCUT2D eigenvalue weighted by atomic mass is 16.2. The third-order valence-corrected chi connectivity index (χ3v) is 1.12. The molecule has 0 spiro atoms. The minimum absolute atomic E-state index is 0.0637. The van der Waals surface area contributed by atoms with Crippen molar-refractivity contribution in [1.29, 1.82) is 0 Å². The first-order valence-corrected chi connectivity index (χ1v) is 3.62. The first-order chi connectivity index (χ1) is 5.06. The topological polar surface area (TPSA) is 58.2 Å². The molecule has 64 valence electrons. The fourth-order valence-corrected chi connectivity index (χ4v) is 0.685. The molecule has 0 bridgehead atoms. The molecule has 1 unspecified atom stereocenters. The van der Waals surface area contributed by atoms with E-state index in [0.29, 0.717) is 6.42 Å². The lowest BCUT2D eigenvalue weighted by Crippen LogP contribution is -2.44. The second kappa shape index (κ2) is 4.71. The minimum atomic E-state index is -0.278. The van der Waals surface area contributed by atoms with E-state index in [1.165, 1.54) is 6.92 Å². The fraction of sp³-hybridized carbons (Fsp3) is 0.714. The summed E-state index contributed by atoms with van der Waals surface area (Å²) in [6, 6.07) is 0. The molecule has 0 aliphatic carbocycles. The lowest BCUT2D eigenvalue weighted by atomic mass is 10.4. The van der Waals surface area contributed by atoms with E-state index >= 15 is 0 Å². The minimum Gasteiger partial charge on any atom is -0.337 e. The van der Waals surface area contributed by atoms with Gasteiger partial charge in [-0.3, -0.25) is 9.59 Å². The van der Waals surface area contributed by atoms with Crippen molar-refractivity contribution in [2.24, 2.45) is 0 Å². The molecular weight excluding hydrogens is 144 g/mol. The second-order valence-corrected chi connectivity index (χ2v) is 2.34. The molecular formula is C7H14N2O2. The maximum Gasteiger partial charge on any atom is 0.221 e. The number of hydrogen-bond donors (Lipinski definition) is 2. The molecule has 2 amide bonds. The van der Waals surface area contributed by atoms with Crippen LogP contribution in [-0.4, -0.2) is 18.0 Å². The van der Waals surface area contributed by atoms with E-state index in [-0.39, 0.29) is 18.0 Å². The van der Waals surface area contributed by atoms with Crippen LogP contribution >= 0.6 is 0 Å². The Kier molecular flexibility index (Phi) is 4.26. The van der Waals surface area contributed by atoms with E-state index < -0.39 is 0 Å². The highest BCUT2D eigenvalue weighted by Gasteiger charge is 2.04. The third kappa shape index (κ3) is 5.39. The van der Waals surface area contributed by atoms with E-state index in [1.807, 2.05) is 0 Å². The zero-order valence-electron chi connectivity index (χ0n) is 7.10. The fourth-order valence-electron chi connectivity index (χ4n) is 0.685. The average Bonchev–Trinajstić information content (AvgIpc) is 1.85. The van der Waals surface area contributed by atoms with Crippen LogP contribution < -0.4 is 10.6 Å². The van der Waals surface area contributed by atoms with Crippen molar-refractivity contribution in [3.8, 4) is 0 Å². The van der Waals surface area contributed by atoms with Crippen molar-refractivity contribution in [1.82, 2.24) is 10.6 Å².